The van der Waals surface area contributed by atoms with Gasteiger partial charge in [-0.2, -0.15) is 0 Å². The fourth-order valence-corrected chi connectivity index (χ4v) is 1.17. The lowest BCUT2D eigenvalue weighted by molar-refractivity contribution is -0.160. The van der Waals surface area contributed by atoms with Gasteiger partial charge >= 0.3 is 23.9 Å². The Morgan fingerprint density at radius 3 is 1.74 bits per heavy atom. The van der Waals surface area contributed by atoms with E-state index in [1.54, 1.807) is 0 Å². The lowest BCUT2D eigenvalue weighted by Crippen LogP contribution is -2.27. The van der Waals surface area contributed by atoms with E-state index < -0.39 is 36.4 Å². The normalized spacial score (nSPS) is 11.2. The predicted octanol–water partition coefficient (Wildman–Crippen LogP) is -0.114. The average molecular weight is 330 g/mol. The molecule has 1 unspecified atom stereocenters. The molecule has 128 valence electrons. The minimum absolute atomic E-state index is 0.0844. The lowest BCUT2D eigenvalue weighted by atomic mass is 10.2. The van der Waals surface area contributed by atoms with Crippen LogP contribution in [0, 0.1) is 0 Å². The number of ether oxygens (including phenoxy) is 2. The van der Waals surface area contributed by atoms with Crippen LogP contribution in [0.4, 0.5) is 0 Å². The summed E-state index contributed by atoms with van der Waals surface area (Å²) in [6.45, 7) is 5.92. The molecule has 0 spiro atoms. The summed E-state index contributed by atoms with van der Waals surface area (Å²) < 4.78 is 9.22. The van der Waals surface area contributed by atoms with Crippen LogP contribution in [0.1, 0.15) is 19.3 Å². The molecule has 0 saturated carbocycles. The third-order valence-corrected chi connectivity index (χ3v) is 2.55. The first kappa shape index (κ1) is 20.3. The molecule has 3 N–H and O–H groups in total. The van der Waals surface area contributed by atoms with Gasteiger partial charge in [-0.15, -0.1) is 0 Å². The molecule has 0 heterocycles. The quantitative estimate of drug-likeness (QED) is 0.348. The van der Waals surface area contributed by atoms with Crippen LogP contribution in [0.25, 0.3) is 0 Å². The van der Waals surface area contributed by atoms with Crippen molar-refractivity contribution in [1.29, 1.82) is 0 Å². The topological polar surface area (TPSA) is 147 Å². The van der Waals surface area contributed by atoms with Crippen LogP contribution in [-0.4, -0.2) is 58.5 Å². The van der Waals surface area contributed by atoms with Crippen LogP contribution in [0.2, 0.25) is 0 Å². The fraction of sp³-hybridized carbons (Fsp3) is 0.429. The van der Waals surface area contributed by atoms with Crippen LogP contribution in [0.3, 0.4) is 0 Å². The lowest BCUT2D eigenvalue weighted by Gasteiger charge is -2.10. The standard InChI is InChI=1S/C14H18O9/c1-8(12(17)18)3-5-22-11(16)7-10(15)14(21)23-6-4-9(2)13(19)20/h10,15H,1-7H2,(H,17,18)(H,19,20). The number of hydrogen-bond donors (Lipinski definition) is 3. The van der Waals surface area contributed by atoms with Gasteiger partial charge in [0.1, 0.15) is 0 Å². The van der Waals surface area contributed by atoms with Crippen LogP contribution in [0.15, 0.2) is 24.3 Å². The second kappa shape index (κ2) is 10.1. The molecule has 0 radical (unpaired) electrons. The van der Waals surface area contributed by atoms with Crippen molar-refractivity contribution in [3.05, 3.63) is 24.3 Å². The maximum absolute atomic E-state index is 11.4. The van der Waals surface area contributed by atoms with Crippen LogP contribution < -0.4 is 0 Å². The van der Waals surface area contributed by atoms with Crippen molar-refractivity contribution in [3.8, 4) is 0 Å². The Morgan fingerprint density at radius 2 is 1.30 bits per heavy atom. The maximum atomic E-state index is 11.4. The second-order valence-electron chi connectivity index (χ2n) is 4.43. The maximum Gasteiger partial charge on any atom is 0.335 e. The molecule has 0 saturated heterocycles. The van der Waals surface area contributed by atoms with E-state index in [9.17, 15) is 24.3 Å². The average Bonchev–Trinajstić information content (AvgIpc) is 2.46. The number of hydrogen-bond acceptors (Lipinski definition) is 7. The van der Waals surface area contributed by atoms with E-state index in [1.807, 2.05) is 0 Å². The Kier molecular flexibility index (Phi) is 8.94. The number of carbonyl (C=O) groups excluding carboxylic acids is 2. The highest BCUT2D eigenvalue weighted by Crippen LogP contribution is 2.04. The van der Waals surface area contributed by atoms with E-state index in [-0.39, 0.29) is 37.2 Å². The zero-order valence-corrected chi connectivity index (χ0v) is 12.3. The predicted molar refractivity (Wildman–Crippen MR) is 75.3 cm³/mol. The van der Waals surface area contributed by atoms with Crippen molar-refractivity contribution >= 4 is 23.9 Å². The number of carboxylic acid groups (broad SMARTS) is 2. The van der Waals surface area contributed by atoms with Gasteiger partial charge in [-0.05, 0) is 0 Å². The number of carbonyl (C=O) groups is 4. The molecule has 9 nitrogen and oxygen atoms in total. The largest absolute Gasteiger partial charge is 0.478 e. The first-order chi connectivity index (χ1) is 10.6. The summed E-state index contributed by atoms with van der Waals surface area (Å²) in [4.78, 5) is 43.6. The highest BCUT2D eigenvalue weighted by atomic mass is 16.6. The molecule has 0 amide bonds. The van der Waals surface area contributed by atoms with Gasteiger partial charge in [0.05, 0.1) is 19.6 Å². The molecule has 1 atom stereocenters. The SMILES string of the molecule is C=C(CCOC(=O)CC(O)C(=O)OCCC(=C)C(=O)O)C(=O)O. The van der Waals surface area contributed by atoms with E-state index in [1.165, 1.54) is 0 Å². The molecular formula is C14H18O9. The minimum Gasteiger partial charge on any atom is -0.478 e. The van der Waals surface area contributed by atoms with E-state index >= 15 is 0 Å². The molecule has 0 aromatic rings. The van der Waals surface area contributed by atoms with E-state index in [0.717, 1.165) is 0 Å². The molecule has 9 heteroatoms. The first-order valence-corrected chi connectivity index (χ1v) is 6.47. The van der Waals surface area contributed by atoms with Crippen molar-refractivity contribution in [3.63, 3.8) is 0 Å². The summed E-state index contributed by atoms with van der Waals surface area (Å²) >= 11 is 0. The summed E-state index contributed by atoms with van der Waals surface area (Å²) in [7, 11) is 0. The molecule has 0 aliphatic rings. The molecule has 0 bridgehead atoms. The summed E-state index contributed by atoms with van der Waals surface area (Å²) in [5.41, 5.74) is -0.304. The zero-order chi connectivity index (χ0) is 18.0. The highest BCUT2D eigenvalue weighted by molar-refractivity contribution is 5.86. The van der Waals surface area contributed by atoms with Gasteiger partial charge in [0, 0.05) is 24.0 Å². The van der Waals surface area contributed by atoms with Crippen molar-refractivity contribution in [2.24, 2.45) is 0 Å². The van der Waals surface area contributed by atoms with Gasteiger partial charge in [-0.3, -0.25) is 4.79 Å². The Labute approximate surface area is 131 Å². The summed E-state index contributed by atoms with van der Waals surface area (Å²) in [5.74, 6) is -4.46. The van der Waals surface area contributed by atoms with Crippen molar-refractivity contribution in [1.82, 2.24) is 0 Å². The van der Waals surface area contributed by atoms with Gasteiger partial charge in [-0.25, -0.2) is 14.4 Å². The van der Waals surface area contributed by atoms with E-state index in [2.05, 4.69) is 22.6 Å². The van der Waals surface area contributed by atoms with Crippen LogP contribution in [-0.2, 0) is 28.7 Å². The summed E-state index contributed by atoms with van der Waals surface area (Å²) in [6.07, 6.45) is -2.63. The van der Waals surface area contributed by atoms with Gasteiger partial charge in [-0.1, -0.05) is 13.2 Å². The molecular weight excluding hydrogens is 312 g/mol. The minimum atomic E-state index is -1.76. The highest BCUT2D eigenvalue weighted by Gasteiger charge is 2.21. The molecule has 0 aromatic heterocycles. The number of aliphatic hydroxyl groups is 1. The number of carboxylic acids is 2. The zero-order valence-electron chi connectivity index (χ0n) is 12.3. The van der Waals surface area contributed by atoms with Gasteiger partial charge in [0.25, 0.3) is 0 Å². The van der Waals surface area contributed by atoms with Crippen LogP contribution in [0.5, 0.6) is 0 Å². The Hall–Kier alpha value is -2.68. The molecule has 0 rings (SSSR count). The Bertz CT molecular complexity index is 506. The summed E-state index contributed by atoms with van der Waals surface area (Å²) in [6, 6.07) is 0. The van der Waals surface area contributed by atoms with Gasteiger partial charge in [0.2, 0.25) is 0 Å². The number of rotatable bonds is 11. The van der Waals surface area contributed by atoms with Crippen molar-refractivity contribution in [2.75, 3.05) is 13.2 Å². The molecule has 0 aromatic carbocycles. The first-order valence-electron chi connectivity index (χ1n) is 6.47. The van der Waals surface area contributed by atoms with E-state index in [0.29, 0.717) is 0 Å². The molecule has 0 aliphatic heterocycles. The number of aliphatic carboxylic acids is 2. The fourth-order valence-electron chi connectivity index (χ4n) is 1.17. The summed E-state index contributed by atoms with van der Waals surface area (Å²) in [5, 5.41) is 26.5. The Morgan fingerprint density at radius 1 is 0.870 bits per heavy atom. The number of esters is 2. The second-order valence-corrected chi connectivity index (χ2v) is 4.43. The van der Waals surface area contributed by atoms with Crippen LogP contribution >= 0.6 is 0 Å². The van der Waals surface area contributed by atoms with E-state index in [4.69, 9.17) is 10.2 Å². The number of aliphatic hydroxyl groups excluding tert-OH is 1. The molecule has 0 aliphatic carbocycles. The van der Waals surface area contributed by atoms with Gasteiger partial charge < -0.3 is 24.8 Å². The third kappa shape index (κ3) is 9.04. The van der Waals surface area contributed by atoms with Gasteiger partial charge in [0.15, 0.2) is 6.10 Å². The third-order valence-electron chi connectivity index (χ3n) is 2.55. The van der Waals surface area contributed by atoms with Crippen molar-refractivity contribution in [2.45, 2.75) is 25.4 Å². The smallest absolute Gasteiger partial charge is 0.335 e. The monoisotopic (exact) mass is 330 g/mol. The molecule has 0 fully saturated rings. The Balaban J connectivity index is 4.00. The molecule has 23 heavy (non-hydrogen) atoms. The van der Waals surface area contributed by atoms with Crippen molar-refractivity contribution < 1.29 is 44.0 Å².